The molecular weight excluding hydrogens is 254 g/mol. The highest BCUT2D eigenvalue weighted by molar-refractivity contribution is 5.92. The lowest BCUT2D eigenvalue weighted by Crippen LogP contribution is -2.13. The minimum atomic E-state index is -0.220. The molecular formula is C14H15N5O. The van der Waals surface area contributed by atoms with Crippen LogP contribution in [0.1, 0.15) is 11.3 Å². The van der Waals surface area contributed by atoms with Crippen molar-refractivity contribution < 1.29 is 0 Å². The van der Waals surface area contributed by atoms with Gasteiger partial charge in [-0.15, -0.1) is 0 Å². The van der Waals surface area contributed by atoms with Gasteiger partial charge in [0.25, 0.3) is 5.56 Å². The third-order valence-electron chi connectivity index (χ3n) is 3.23. The van der Waals surface area contributed by atoms with E-state index in [0.717, 1.165) is 16.5 Å². The van der Waals surface area contributed by atoms with Gasteiger partial charge in [-0.3, -0.25) is 9.48 Å². The summed E-state index contributed by atoms with van der Waals surface area (Å²) in [6, 6.07) is 7.47. The third kappa shape index (κ3) is 2.00. The van der Waals surface area contributed by atoms with Gasteiger partial charge in [0.05, 0.1) is 11.2 Å². The Morgan fingerprint density at radius 1 is 1.35 bits per heavy atom. The van der Waals surface area contributed by atoms with Gasteiger partial charge in [0.2, 0.25) is 0 Å². The fourth-order valence-corrected chi connectivity index (χ4v) is 2.28. The molecule has 3 aromatic rings. The van der Waals surface area contributed by atoms with Crippen molar-refractivity contribution in [3.63, 3.8) is 0 Å². The van der Waals surface area contributed by atoms with Crippen LogP contribution in [0.4, 0.5) is 0 Å². The summed E-state index contributed by atoms with van der Waals surface area (Å²) in [5.41, 5.74) is 8.68. The highest BCUT2D eigenvalue weighted by Crippen LogP contribution is 2.25. The summed E-state index contributed by atoms with van der Waals surface area (Å²) in [6.45, 7) is 2.24. The second-order valence-electron chi connectivity index (χ2n) is 4.78. The Balaban J connectivity index is 2.32. The van der Waals surface area contributed by atoms with Crippen LogP contribution < -0.4 is 11.3 Å². The van der Waals surface area contributed by atoms with Gasteiger partial charge in [-0.25, -0.2) is 4.98 Å². The van der Waals surface area contributed by atoms with Crippen molar-refractivity contribution in [2.75, 3.05) is 0 Å². The average molecular weight is 269 g/mol. The summed E-state index contributed by atoms with van der Waals surface area (Å²) in [5.74, 6) is 0.453. The molecule has 2 aromatic heterocycles. The fraction of sp³-hybridized carbons (Fsp3) is 0.214. The maximum atomic E-state index is 11.7. The number of nitrogens with zero attached hydrogens (tertiary/aromatic N) is 3. The number of benzene rings is 1. The van der Waals surface area contributed by atoms with E-state index in [1.807, 2.05) is 32.2 Å². The third-order valence-corrected chi connectivity index (χ3v) is 3.23. The quantitative estimate of drug-likeness (QED) is 0.728. The zero-order chi connectivity index (χ0) is 14.3. The normalized spacial score (nSPS) is 11.2. The zero-order valence-corrected chi connectivity index (χ0v) is 11.3. The molecule has 0 spiro atoms. The summed E-state index contributed by atoms with van der Waals surface area (Å²) in [6.07, 6.45) is 0. The van der Waals surface area contributed by atoms with E-state index in [1.54, 1.807) is 4.68 Å². The van der Waals surface area contributed by atoms with E-state index in [0.29, 0.717) is 17.2 Å². The van der Waals surface area contributed by atoms with E-state index in [9.17, 15) is 4.79 Å². The Hall–Kier alpha value is -2.47. The van der Waals surface area contributed by atoms with Crippen molar-refractivity contribution in [2.24, 2.45) is 12.8 Å². The van der Waals surface area contributed by atoms with Crippen LogP contribution in [0.3, 0.4) is 0 Å². The van der Waals surface area contributed by atoms with Gasteiger partial charge in [0.15, 0.2) is 5.82 Å². The number of H-pyrrole nitrogens is 1. The molecule has 0 aliphatic rings. The van der Waals surface area contributed by atoms with Crippen molar-refractivity contribution in [2.45, 2.75) is 13.5 Å². The minimum absolute atomic E-state index is 0.220. The van der Waals surface area contributed by atoms with Gasteiger partial charge >= 0.3 is 0 Å². The molecule has 0 saturated heterocycles. The van der Waals surface area contributed by atoms with Gasteiger partial charge in [-0.05, 0) is 19.1 Å². The lowest BCUT2D eigenvalue weighted by molar-refractivity contribution is 0.796. The molecule has 0 unspecified atom stereocenters. The lowest BCUT2D eigenvalue weighted by atomic mass is 10.1. The predicted octanol–water partition coefficient (Wildman–Crippen LogP) is 1.09. The van der Waals surface area contributed by atoms with Crippen LogP contribution in [0.2, 0.25) is 0 Å². The molecule has 1 aromatic carbocycles. The Morgan fingerprint density at radius 3 is 2.90 bits per heavy atom. The van der Waals surface area contributed by atoms with Crippen LogP contribution in [0.25, 0.3) is 22.4 Å². The number of fused-ring (bicyclic) bond motifs is 1. The standard InChI is InChI=1S/C14H15N5O/c1-8-3-4-11-10(5-8)13(18-19(11)2)14-16-9(7-15)6-12(20)17-14/h3-6H,7,15H2,1-2H3,(H,16,17,20). The molecule has 0 saturated carbocycles. The van der Waals surface area contributed by atoms with Crippen molar-refractivity contribution >= 4 is 10.9 Å². The van der Waals surface area contributed by atoms with E-state index in [-0.39, 0.29) is 12.1 Å². The monoisotopic (exact) mass is 269 g/mol. The van der Waals surface area contributed by atoms with Crippen LogP contribution in [-0.2, 0) is 13.6 Å². The SMILES string of the molecule is Cc1ccc2c(c1)c(-c1nc(CN)cc(=O)[nH]1)nn2C. The number of nitrogens with two attached hydrogens (primary N) is 1. The number of rotatable bonds is 2. The molecule has 0 fully saturated rings. The number of hydrogen-bond acceptors (Lipinski definition) is 4. The van der Waals surface area contributed by atoms with E-state index >= 15 is 0 Å². The largest absolute Gasteiger partial charge is 0.325 e. The van der Waals surface area contributed by atoms with Crippen molar-refractivity contribution in [3.05, 3.63) is 45.9 Å². The summed E-state index contributed by atoms with van der Waals surface area (Å²) in [4.78, 5) is 18.8. The number of aromatic amines is 1. The number of aryl methyl sites for hydroxylation is 2. The van der Waals surface area contributed by atoms with E-state index in [2.05, 4.69) is 15.1 Å². The average Bonchev–Trinajstić information content (AvgIpc) is 2.74. The summed E-state index contributed by atoms with van der Waals surface area (Å²) >= 11 is 0. The summed E-state index contributed by atoms with van der Waals surface area (Å²) < 4.78 is 1.78. The Morgan fingerprint density at radius 2 is 2.15 bits per heavy atom. The molecule has 3 N–H and O–H groups in total. The number of aromatic nitrogens is 4. The van der Waals surface area contributed by atoms with Gasteiger partial charge in [-0.2, -0.15) is 5.10 Å². The molecule has 0 atom stereocenters. The topological polar surface area (TPSA) is 89.6 Å². The van der Waals surface area contributed by atoms with E-state index < -0.39 is 0 Å². The first-order valence-electron chi connectivity index (χ1n) is 6.32. The van der Waals surface area contributed by atoms with Crippen LogP contribution in [0.15, 0.2) is 29.1 Å². The number of nitrogens with one attached hydrogen (secondary N) is 1. The molecule has 6 heteroatoms. The number of hydrogen-bond donors (Lipinski definition) is 2. The Labute approximate surface area is 115 Å². The van der Waals surface area contributed by atoms with Gasteiger partial charge in [0.1, 0.15) is 5.69 Å². The molecule has 6 nitrogen and oxygen atoms in total. The second-order valence-corrected chi connectivity index (χ2v) is 4.78. The van der Waals surface area contributed by atoms with Gasteiger partial charge in [0, 0.05) is 25.0 Å². The van der Waals surface area contributed by atoms with Gasteiger partial charge in [-0.1, -0.05) is 11.6 Å². The van der Waals surface area contributed by atoms with Crippen LogP contribution >= 0.6 is 0 Å². The highest BCUT2D eigenvalue weighted by atomic mass is 16.1. The molecule has 102 valence electrons. The molecule has 0 aliphatic heterocycles. The van der Waals surface area contributed by atoms with Crippen LogP contribution in [-0.4, -0.2) is 19.7 Å². The maximum absolute atomic E-state index is 11.7. The zero-order valence-electron chi connectivity index (χ0n) is 11.3. The first-order valence-corrected chi connectivity index (χ1v) is 6.32. The predicted molar refractivity (Wildman–Crippen MR) is 77.2 cm³/mol. The molecule has 0 amide bonds. The molecule has 2 heterocycles. The Kier molecular flexibility index (Phi) is 2.87. The van der Waals surface area contributed by atoms with Crippen LogP contribution in [0, 0.1) is 6.92 Å². The summed E-state index contributed by atoms with van der Waals surface area (Å²) in [5, 5.41) is 5.42. The lowest BCUT2D eigenvalue weighted by Gasteiger charge is -2.00. The molecule has 0 radical (unpaired) electrons. The fourth-order valence-electron chi connectivity index (χ4n) is 2.28. The highest BCUT2D eigenvalue weighted by Gasteiger charge is 2.13. The smallest absolute Gasteiger partial charge is 0.251 e. The molecule has 20 heavy (non-hydrogen) atoms. The van der Waals surface area contributed by atoms with E-state index in [4.69, 9.17) is 5.73 Å². The molecule has 0 aliphatic carbocycles. The summed E-state index contributed by atoms with van der Waals surface area (Å²) in [7, 11) is 1.87. The van der Waals surface area contributed by atoms with Crippen molar-refractivity contribution in [1.29, 1.82) is 0 Å². The Bertz CT molecular complexity index is 846. The van der Waals surface area contributed by atoms with E-state index in [1.165, 1.54) is 6.07 Å². The van der Waals surface area contributed by atoms with Crippen LogP contribution in [0.5, 0.6) is 0 Å². The van der Waals surface area contributed by atoms with Gasteiger partial charge < -0.3 is 10.7 Å². The maximum Gasteiger partial charge on any atom is 0.251 e. The first kappa shape index (κ1) is 12.6. The molecule has 0 bridgehead atoms. The second kappa shape index (κ2) is 4.57. The first-order chi connectivity index (χ1) is 9.58. The molecule has 3 rings (SSSR count). The van der Waals surface area contributed by atoms with Crippen molar-refractivity contribution in [1.82, 2.24) is 19.7 Å². The minimum Gasteiger partial charge on any atom is -0.325 e. The van der Waals surface area contributed by atoms with Crippen molar-refractivity contribution in [3.8, 4) is 11.5 Å².